The van der Waals surface area contributed by atoms with Gasteiger partial charge in [0.1, 0.15) is 8.07 Å². The van der Waals surface area contributed by atoms with E-state index in [2.05, 4.69) is 98.0 Å². The van der Waals surface area contributed by atoms with E-state index < -0.39 is 8.07 Å². The molecule has 0 saturated heterocycles. The summed E-state index contributed by atoms with van der Waals surface area (Å²) in [6, 6.07) is 31.5. The Kier molecular flexibility index (Phi) is 3.04. The molecule has 0 N–H and O–H groups in total. The molecule has 0 aliphatic carbocycles. The molecule has 0 heterocycles. The van der Waals surface area contributed by atoms with Crippen LogP contribution in [-0.2, 0) is 0 Å². The van der Waals surface area contributed by atoms with Crippen molar-refractivity contribution >= 4 is 50.8 Å². The second kappa shape index (κ2) is 5.17. The Morgan fingerprint density at radius 2 is 1.12 bits per heavy atom. The average Bonchev–Trinajstić information content (AvgIpc) is 2.66. The molecule has 0 aromatic heterocycles. The fraction of sp³-hybridized carbons (Fsp3) is 0.0833. The van der Waals surface area contributed by atoms with Crippen molar-refractivity contribution in [2.75, 3.05) is 0 Å². The predicted molar refractivity (Wildman–Crippen MR) is 113 cm³/mol. The molecule has 5 aromatic carbocycles. The third-order valence-corrected chi connectivity index (χ3v) is 9.26. The first-order valence-corrected chi connectivity index (χ1v) is 11.9. The molecule has 0 bridgehead atoms. The molecule has 0 spiro atoms. The van der Waals surface area contributed by atoms with Crippen molar-refractivity contribution < 1.29 is 0 Å². The van der Waals surface area contributed by atoms with Gasteiger partial charge in [0.05, 0.1) is 0 Å². The van der Waals surface area contributed by atoms with Gasteiger partial charge in [-0.25, -0.2) is 0 Å². The van der Waals surface area contributed by atoms with Crippen LogP contribution in [0.5, 0.6) is 0 Å². The lowest BCUT2D eigenvalue weighted by molar-refractivity contribution is 1.70. The Labute approximate surface area is 149 Å². The molecule has 5 rings (SSSR count). The van der Waals surface area contributed by atoms with E-state index in [1.807, 2.05) is 0 Å². The molecule has 0 nitrogen and oxygen atoms in total. The molecule has 120 valence electrons. The van der Waals surface area contributed by atoms with E-state index in [-0.39, 0.29) is 0 Å². The topological polar surface area (TPSA) is 0 Å². The minimum absolute atomic E-state index is 1.34. The summed E-state index contributed by atoms with van der Waals surface area (Å²) in [6.45, 7) is 4.93. The van der Waals surface area contributed by atoms with E-state index in [0.717, 1.165) is 0 Å². The molecule has 25 heavy (non-hydrogen) atoms. The van der Waals surface area contributed by atoms with Crippen LogP contribution in [0.3, 0.4) is 0 Å². The predicted octanol–water partition coefficient (Wildman–Crippen LogP) is 5.41. The summed E-state index contributed by atoms with van der Waals surface area (Å²) in [5.41, 5.74) is 0. The smallest absolute Gasteiger partial charge is 0.0626 e. The molecule has 0 atom stereocenters. The molecule has 0 unspecified atom stereocenters. The summed E-state index contributed by atoms with van der Waals surface area (Å²) in [5, 5.41) is 11.3. The van der Waals surface area contributed by atoms with Gasteiger partial charge in [-0.1, -0.05) is 103 Å². The second-order valence-electron chi connectivity index (χ2n) is 7.46. The fourth-order valence-electron chi connectivity index (χ4n) is 4.29. The van der Waals surface area contributed by atoms with E-state index >= 15 is 0 Å². The van der Waals surface area contributed by atoms with Gasteiger partial charge in [-0.3, -0.25) is 0 Å². The molecule has 0 fully saturated rings. The Morgan fingerprint density at radius 3 is 1.84 bits per heavy atom. The number of hydrogen-bond donors (Lipinski definition) is 0. The number of rotatable bonds is 2. The van der Waals surface area contributed by atoms with Gasteiger partial charge >= 0.3 is 0 Å². The summed E-state index contributed by atoms with van der Waals surface area (Å²) in [5.74, 6) is 0. The lowest BCUT2D eigenvalue weighted by Crippen LogP contribution is -2.53. The van der Waals surface area contributed by atoms with Crippen LogP contribution in [0.2, 0.25) is 13.1 Å². The van der Waals surface area contributed by atoms with E-state index in [1.165, 1.54) is 42.7 Å². The van der Waals surface area contributed by atoms with Gasteiger partial charge in [-0.15, -0.1) is 0 Å². The summed E-state index contributed by atoms with van der Waals surface area (Å²) in [7, 11) is -1.75. The first kappa shape index (κ1) is 14.7. The van der Waals surface area contributed by atoms with Gasteiger partial charge in [0.25, 0.3) is 0 Å². The highest BCUT2D eigenvalue weighted by Crippen LogP contribution is 2.34. The second-order valence-corrected chi connectivity index (χ2v) is 11.8. The summed E-state index contributed by atoms with van der Waals surface area (Å²) < 4.78 is 0. The van der Waals surface area contributed by atoms with Crippen LogP contribution >= 0.6 is 0 Å². The van der Waals surface area contributed by atoms with Crippen LogP contribution < -0.4 is 10.4 Å². The third kappa shape index (κ3) is 2.06. The minimum Gasteiger partial charge on any atom is -0.0626 e. The maximum absolute atomic E-state index is 2.47. The summed E-state index contributed by atoms with van der Waals surface area (Å²) in [4.78, 5) is 0. The zero-order valence-electron chi connectivity index (χ0n) is 14.6. The van der Waals surface area contributed by atoms with E-state index in [0.29, 0.717) is 0 Å². The molecule has 0 saturated carbocycles. The molecule has 0 amide bonds. The molecule has 0 aliphatic rings. The van der Waals surface area contributed by atoms with Crippen LogP contribution in [0.25, 0.3) is 32.3 Å². The van der Waals surface area contributed by atoms with Crippen LogP contribution in [-0.4, -0.2) is 8.07 Å². The van der Waals surface area contributed by atoms with Crippen molar-refractivity contribution in [2.45, 2.75) is 13.1 Å². The van der Waals surface area contributed by atoms with Crippen LogP contribution in [0.1, 0.15) is 0 Å². The first-order valence-electron chi connectivity index (χ1n) is 8.89. The Morgan fingerprint density at radius 1 is 0.520 bits per heavy atom. The highest BCUT2D eigenvalue weighted by atomic mass is 28.3. The Bertz CT molecular complexity index is 1190. The normalized spacial score (nSPS) is 12.4. The molecule has 0 aliphatic heterocycles. The van der Waals surface area contributed by atoms with Gasteiger partial charge in [-0.05, 0) is 37.5 Å². The van der Waals surface area contributed by atoms with Gasteiger partial charge in [0.15, 0.2) is 0 Å². The van der Waals surface area contributed by atoms with Gasteiger partial charge < -0.3 is 0 Å². The van der Waals surface area contributed by atoms with Gasteiger partial charge in [0.2, 0.25) is 0 Å². The third-order valence-electron chi connectivity index (χ3n) is 5.70. The monoisotopic (exact) mass is 336 g/mol. The maximum atomic E-state index is 2.47. The molecule has 1 heteroatoms. The fourth-order valence-corrected chi connectivity index (χ4v) is 7.01. The van der Waals surface area contributed by atoms with E-state index in [9.17, 15) is 0 Å². The van der Waals surface area contributed by atoms with Crippen molar-refractivity contribution in [2.24, 2.45) is 0 Å². The van der Waals surface area contributed by atoms with E-state index in [1.54, 1.807) is 0 Å². The zero-order chi connectivity index (χ0) is 17.0. The first-order chi connectivity index (χ1) is 12.2. The highest BCUT2D eigenvalue weighted by molar-refractivity contribution is 7.01. The quantitative estimate of drug-likeness (QED) is 0.299. The lowest BCUT2D eigenvalue weighted by atomic mass is 9.94. The van der Waals surface area contributed by atoms with Crippen molar-refractivity contribution in [3.8, 4) is 0 Å². The average molecular weight is 337 g/mol. The van der Waals surface area contributed by atoms with Crippen molar-refractivity contribution in [3.63, 3.8) is 0 Å². The van der Waals surface area contributed by atoms with Crippen LogP contribution in [0, 0.1) is 0 Å². The number of benzene rings is 5. The molecule has 0 radical (unpaired) electrons. The van der Waals surface area contributed by atoms with Crippen molar-refractivity contribution in [1.82, 2.24) is 0 Å². The van der Waals surface area contributed by atoms with Crippen molar-refractivity contribution in [1.29, 1.82) is 0 Å². The Hall–Kier alpha value is -2.64. The van der Waals surface area contributed by atoms with E-state index in [4.69, 9.17) is 0 Å². The molecule has 5 aromatic rings. The number of hydrogen-bond acceptors (Lipinski definition) is 0. The Balaban J connectivity index is 1.91. The van der Waals surface area contributed by atoms with Crippen LogP contribution in [0.4, 0.5) is 0 Å². The summed E-state index contributed by atoms with van der Waals surface area (Å²) in [6.07, 6.45) is 0. The molecular weight excluding hydrogens is 316 g/mol. The maximum Gasteiger partial charge on any atom is 0.113 e. The SMILES string of the molecule is C[Si](C)(c1ccccc1)c1ccc2ccc3cccc4ccc1c2c34. The minimum atomic E-state index is -1.75. The highest BCUT2D eigenvalue weighted by Gasteiger charge is 2.28. The zero-order valence-corrected chi connectivity index (χ0v) is 15.6. The van der Waals surface area contributed by atoms with Crippen molar-refractivity contribution in [3.05, 3.63) is 84.9 Å². The standard InChI is InChI=1S/C24H20Si/c1-25(2,20-9-4-3-5-10-20)22-16-14-19-12-11-17-7-6-8-18-13-15-21(22)24(19)23(17)18/h3-16H,1-2H3. The van der Waals surface area contributed by atoms with Crippen LogP contribution in [0.15, 0.2) is 84.9 Å². The van der Waals surface area contributed by atoms with Gasteiger partial charge in [-0.2, -0.15) is 0 Å². The largest absolute Gasteiger partial charge is 0.113 e. The lowest BCUT2D eigenvalue weighted by Gasteiger charge is -2.26. The van der Waals surface area contributed by atoms with Gasteiger partial charge in [0, 0.05) is 0 Å². The summed E-state index contributed by atoms with van der Waals surface area (Å²) >= 11 is 0. The molecular formula is C24H20Si.